The summed E-state index contributed by atoms with van der Waals surface area (Å²) in [5, 5.41) is 0. The Hall–Kier alpha value is -0.475. The quantitative estimate of drug-likeness (QED) is 0.423. The highest BCUT2D eigenvalue weighted by molar-refractivity contribution is 6.50. The van der Waals surface area contributed by atoms with Crippen molar-refractivity contribution in [2.24, 2.45) is 0 Å². The maximum Gasteiger partial charge on any atom is 0.488 e. The summed E-state index contributed by atoms with van der Waals surface area (Å²) < 4.78 is 14.6. The molecule has 0 rings (SSSR count). The van der Waals surface area contributed by atoms with Gasteiger partial charge in [0.05, 0.1) is 12.9 Å². The molecule has 0 aromatic rings. The molecule has 0 saturated heterocycles. The van der Waals surface area contributed by atoms with Crippen LogP contribution in [0.5, 0.6) is 0 Å². The number of rotatable bonds is 5. The van der Waals surface area contributed by atoms with E-state index < -0.39 is 0 Å². The molecule has 10 heavy (non-hydrogen) atoms. The van der Waals surface area contributed by atoms with E-state index in [1.54, 1.807) is 26.5 Å². The van der Waals surface area contributed by atoms with Gasteiger partial charge in [-0.1, -0.05) is 0 Å². The highest BCUT2D eigenvalue weighted by atomic mass is 16.6. The summed E-state index contributed by atoms with van der Waals surface area (Å²) in [6.45, 7) is 2.58. The molecule has 0 aliphatic heterocycles. The van der Waals surface area contributed by atoms with Gasteiger partial charge in [-0.25, -0.2) is 0 Å². The molecule has 0 unspecified atom stereocenters. The summed E-state index contributed by atoms with van der Waals surface area (Å²) in [4.78, 5) is 0. The fourth-order valence-electron chi connectivity index (χ4n) is 0.469. The molecule has 0 aliphatic rings. The molecule has 0 atom stereocenters. The Kier molecular flexibility index (Phi) is 6.33. The summed E-state index contributed by atoms with van der Waals surface area (Å²) >= 11 is 0. The van der Waals surface area contributed by atoms with Crippen molar-refractivity contribution in [2.45, 2.75) is 6.92 Å². The van der Waals surface area contributed by atoms with Crippen LogP contribution in [-0.2, 0) is 14.0 Å². The topological polar surface area (TPSA) is 27.7 Å². The Morgan fingerprint density at radius 3 is 2.30 bits per heavy atom. The van der Waals surface area contributed by atoms with Gasteiger partial charge in [-0.3, -0.25) is 0 Å². The molecule has 3 nitrogen and oxygen atoms in total. The van der Waals surface area contributed by atoms with E-state index in [1.165, 1.54) is 0 Å². The van der Waals surface area contributed by atoms with Gasteiger partial charge in [-0.2, -0.15) is 0 Å². The van der Waals surface area contributed by atoms with Gasteiger partial charge in [0, 0.05) is 14.2 Å². The first kappa shape index (κ1) is 9.52. The fourth-order valence-corrected chi connectivity index (χ4v) is 0.469. The third-order valence-electron chi connectivity index (χ3n) is 0.963. The van der Waals surface area contributed by atoms with Gasteiger partial charge in [0.15, 0.2) is 0 Å². The zero-order chi connectivity index (χ0) is 7.82. The number of ether oxygens (including phenoxy) is 1. The Labute approximate surface area is 62.1 Å². The van der Waals surface area contributed by atoms with E-state index in [2.05, 4.69) is 0 Å². The molecule has 0 spiro atoms. The van der Waals surface area contributed by atoms with E-state index in [-0.39, 0.29) is 7.12 Å². The molecule has 0 aromatic heterocycles. The van der Waals surface area contributed by atoms with Crippen LogP contribution < -0.4 is 0 Å². The fraction of sp³-hybridized carbons (Fsp3) is 0.667. The standard InChI is InChI=1S/C6H13BO3/c1-4-10-6-5-7(8-2)9-3/h5-6H,4H2,1-3H3/b6-5+. The minimum atomic E-state index is -0.299. The Morgan fingerprint density at radius 2 is 1.90 bits per heavy atom. The molecule has 0 fully saturated rings. The molecule has 0 aromatic carbocycles. The van der Waals surface area contributed by atoms with Gasteiger partial charge in [0.2, 0.25) is 0 Å². The van der Waals surface area contributed by atoms with E-state index in [4.69, 9.17) is 14.0 Å². The van der Waals surface area contributed by atoms with Gasteiger partial charge in [0.1, 0.15) is 0 Å². The maximum absolute atomic E-state index is 4.93. The van der Waals surface area contributed by atoms with Crippen LogP contribution in [0.3, 0.4) is 0 Å². The lowest BCUT2D eigenvalue weighted by molar-refractivity contribution is 0.262. The third-order valence-corrected chi connectivity index (χ3v) is 0.963. The minimum Gasteiger partial charge on any atom is -0.502 e. The molecule has 0 radical (unpaired) electrons. The molecule has 4 heteroatoms. The molecular weight excluding hydrogens is 131 g/mol. The van der Waals surface area contributed by atoms with Crippen LogP contribution in [-0.4, -0.2) is 27.9 Å². The lowest BCUT2D eigenvalue weighted by Crippen LogP contribution is -2.15. The van der Waals surface area contributed by atoms with Crippen LogP contribution in [0.2, 0.25) is 0 Å². The second-order valence-corrected chi connectivity index (χ2v) is 1.62. The molecule has 0 amide bonds. The SMILES string of the molecule is CCO/C=C/B(OC)OC. The number of hydrogen-bond acceptors (Lipinski definition) is 3. The van der Waals surface area contributed by atoms with E-state index >= 15 is 0 Å². The maximum atomic E-state index is 4.93. The Bertz CT molecular complexity index is 91.0. The molecular formula is C6H13BO3. The van der Waals surface area contributed by atoms with Crippen LogP contribution in [0, 0.1) is 0 Å². The van der Waals surface area contributed by atoms with E-state index in [9.17, 15) is 0 Å². The van der Waals surface area contributed by atoms with E-state index in [0.717, 1.165) is 0 Å². The first-order valence-electron chi connectivity index (χ1n) is 3.19. The first-order valence-corrected chi connectivity index (χ1v) is 3.19. The molecule has 0 bridgehead atoms. The molecule has 0 aliphatic carbocycles. The zero-order valence-electron chi connectivity index (χ0n) is 6.66. The van der Waals surface area contributed by atoms with Gasteiger partial charge in [-0.15, -0.1) is 0 Å². The highest BCUT2D eigenvalue weighted by Crippen LogP contribution is 1.87. The Balaban J connectivity index is 3.40. The Morgan fingerprint density at radius 1 is 1.30 bits per heavy atom. The predicted octanol–water partition coefficient (Wildman–Crippen LogP) is 0.857. The molecule has 58 valence electrons. The second kappa shape index (κ2) is 6.64. The van der Waals surface area contributed by atoms with Crippen LogP contribution in [0.15, 0.2) is 12.2 Å². The second-order valence-electron chi connectivity index (χ2n) is 1.62. The van der Waals surface area contributed by atoms with Crippen LogP contribution >= 0.6 is 0 Å². The smallest absolute Gasteiger partial charge is 0.488 e. The average molecular weight is 144 g/mol. The van der Waals surface area contributed by atoms with Gasteiger partial charge >= 0.3 is 7.12 Å². The average Bonchev–Trinajstić information content (AvgIpc) is 1.99. The third kappa shape index (κ3) is 4.41. The van der Waals surface area contributed by atoms with E-state index in [1.807, 2.05) is 6.92 Å². The molecule has 0 saturated carbocycles. The summed E-state index contributed by atoms with van der Waals surface area (Å²) in [5.41, 5.74) is 0. The zero-order valence-corrected chi connectivity index (χ0v) is 6.66. The van der Waals surface area contributed by atoms with Crippen molar-refractivity contribution in [3.05, 3.63) is 12.2 Å². The van der Waals surface area contributed by atoms with Crippen molar-refractivity contribution < 1.29 is 14.0 Å². The van der Waals surface area contributed by atoms with Crippen LogP contribution in [0.1, 0.15) is 6.92 Å². The van der Waals surface area contributed by atoms with Gasteiger partial charge < -0.3 is 14.0 Å². The van der Waals surface area contributed by atoms with Crippen molar-refractivity contribution in [3.63, 3.8) is 0 Å². The van der Waals surface area contributed by atoms with Crippen molar-refractivity contribution in [1.82, 2.24) is 0 Å². The van der Waals surface area contributed by atoms with E-state index in [0.29, 0.717) is 6.61 Å². The predicted molar refractivity (Wildman–Crippen MR) is 40.5 cm³/mol. The lowest BCUT2D eigenvalue weighted by Gasteiger charge is -2.01. The molecule has 0 N–H and O–H groups in total. The van der Waals surface area contributed by atoms with Gasteiger partial charge in [-0.05, 0) is 12.9 Å². The van der Waals surface area contributed by atoms with Crippen LogP contribution in [0.25, 0.3) is 0 Å². The van der Waals surface area contributed by atoms with Crippen molar-refractivity contribution >= 4 is 7.12 Å². The summed E-state index contributed by atoms with van der Waals surface area (Å²) in [6.07, 6.45) is 1.57. The van der Waals surface area contributed by atoms with Crippen LogP contribution in [0.4, 0.5) is 0 Å². The lowest BCUT2D eigenvalue weighted by atomic mass is 9.91. The normalized spacial score (nSPS) is 10.3. The molecule has 0 heterocycles. The van der Waals surface area contributed by atoms with Gasteiger partial charge in [0.25, 0.3) is 0 Å². The van der Waals surface area contributed by atoms with Crippen molar-refractivity contribution in [2.75, 3.05) is 20.8 Å². The monoisotopic (exact) mass is 144 g/mol. The largest absolute Gasteiger partial charge is 0.502 e. The minimum absolute atomic E-state index is 0.299. The van der Waals surface area contributed by atoms with Crippen molar-refractivity contribution in [1.29, 1.82) is 0 Å². The summed E-state index contributed by atoms with van der Waals surface area (Å²) in [7, 11) is 2.85. The summed E-state index contributed by atoms with van der Waals surface area (Å²) in [6, 6.07) is 0. The highest BCUT2D eigenvalue weighted by Gasteiger charge is 2.07. The number of hydrogen-bond donors (Lipinski definition) is 0. The first-order chi connectivity index (χ1) is 4.85. The summed E-state index contributed by atoms with van der Waals surface area (Å²) in [5.74, 6) is 1.70. The van der Waals surface area contributed by atoms with Crippen molar-refractivity contribution in [3.8, 4) is 0 Å².